The van der Waals surface area contributed by atoms with E-state index in [-0.39, 0.29) is 11.9 Å². The second kappa shape index (κ2) is 5.38. The lowest BCUT2D eigenvalue weighted by Gasteiger charge is -2.14. The Morgan fingerprint density at radius 1 is 1.48 bits per heavy atom. The highest BCUT2D eigenvalue weighted by molar-refractivity contribution is 5.80. The number of fused-ring (bicyclic) bond motifs is 1. The third kappa shape index (κ3) is 2.59. The largest absolute Gasteiger partial charge is 0.388 e. The van der Waals surface area contributed by atoms with E-state index in [9.17, 15) is 5.11 Å². The van der Waals surface area contributed by atoms with Gasteiger partial charge in [-0.2, -0.15) is 4.68 Å². The molecule has 8 nitrogen and oxygen atoms in total. The van der Waals surface area contributed by atoms with Crippen molar-refractivity contribution in [1.82, 2.24) is 25.0 Å². The summed E-state index contributed by atoms with van der Waals surface area (Å²) in [6, 6.07) is 0. The lowest BCUT2D eigenvalue weighted by molar-refractivity contribution is -0.0314. The van der Waals surface area contributed by atoms with Crippen LogP contribution in [0.25, 0.3) is 11.2 Å². The number of aromatic nitrogens is 5. The van der Waals surface area contributed by atoms with Gasteiger partial charge < -0.3 is 15.6 Å². The topological polar surface area (TPSA) is 112 Å². The molecule has 0 spiro atoms. The van der Waals surface area contributed by atoms with E-state index >= 15 is 0 Å². The van der Waals surface area contributed by atoms with Crippen molar-refractivity contribution in [3.63, 3.8) is 0 Å². The second-order valence-corrected chi connectivity index (χ2v) is 5.46. The van der Waals surface area contributed by atoms with Crippen molar-refractivity contribution < 1.29 is 9.84 Å². The molecule has 112 valence electrons. The van der Waals surface area contributed by atoms with Crippen LogP contribution in [0.3, 0.4) is 0 Å². The van der Waals surface area contributed by atoms with Crippen LogP contribution in [0.1, 0.15) is 26.5 Å². The molecule has 1 aliphatic rings. The van der Waals surface area contributed by atoms with E-state index in [1.807, 2.05) is 6.08 Å². The molecular formula is C13H18N6O2. The maximum Gasteiger partial charge on any atom is 0.186 e. The van der Waals surface area contributed by atoms with Crippen LogP contribution in [0, 0.1) is 5.92 Å². The minimum Gasteiger partial charge on any atom is -0.388 e. The molecule has 0 saturated carbocycles. The Labute approximate surface area is 121 Å². The summed E-state index contributed by atoms with van der Waals surface area (Å²) in [6.45, 7) is 4.17. The van der Waals surface area contributed by atoms with Crippen LogP contribution < -0.4 is 5.73 Å². The molecule has 0 aromatic carbocycles. The fourth-order valence-electron chi connectivity index (χ4n) is 2.32. The maximum atomic E-state index is 10.2. The average Bonchev–Trinajstić information content (AvgIpc) is 3.01. The molecule has 2 aromatic rings. The van der Waals surface area contributed by atoms with Crippen molar-refractivity contribution in [2.45, 2.75) is 38.7 Å². The predicted octanol–water partition coefficient (Wildman–Crippen LogP) is 0.664. The summed E-state index contributed by atoms with van der Waals surface area (Å²) < 4.78 is 7.30. The number of hydrogen-bond acceptors (Lipinski definition) is 7. The van der Waals surface area contributed by atoms with Crippen molar-refractivity contribution in [2.24, 2.45) is 5.92 Å². The summed E-state index contributed by atoms with van der Waals surface area (Å²) in [6.07, 6.45) is 4.44. The van der Waals surface area contributed by atoms with Crippen LogP contribution in [0.2, 0.25) is 0 Å². The van der Waals surface area contributed by atoms with Gasteiger partial charge in [-0.25, -0.2) is 9.97 Å². The van der Waals surface area contributed by atoms with Crippen molar-refractivity contribution in [1.29, 1.82) is 0 Å². The van der Waals surface area contributed by atoms with E-state index in [2.05, 4.69) is 40.2 Å². The molecule has 21 heavy (non-hydrogen) atoms. The van der Waals surface area contributed by atoms with Gasteiger partial charge in [0.1, 0.15) is 12.4 Å². The Kier molecular flexibility index (Phi) is 3.56. The Morgan fingerprint density at radius 3 is 3.05 bits per heavy atom. The van der Waals surface area contributed by atoms with Crippen LogP contribution in [0.4, 0.5) is 5.82 Å². The van der Waals surface area contributed by atoms with Gasteiger partial charge in [-0.1, -0.05) is 31.2 Å². The smallest absolute Gasteiger partial charge is 0.186 e. The first kappa shape index (κ1) is 13.9. The van der Waals surface area contributed by atoms with Gasteiger partial charge >= 0.3 is 0 Å². The molecule has 0 aliphatic carbocycles. The van der Waals surface area contributed by atoms with Gasteiger partial charge in [0.2, 0.25) is 0 Å². The van der Waals surface area contributed by atoms with Gasteiger partial charge in [0.15, 0.2) is 23.2 Å². The molecule has 1 saturated heterocycles. The third-order valence-electron chi connectivity index (χ3n) is 3.36. The molecule has 0 unspecified atom stereocenters. The van der Waals surface area contributed by atoms with E-state index in [0.717, 1.165) is 0 Å². The van der Waals surface area contributed by atoms with E-state index in [1.165, 1.54) is 11.0 Å². The van der Waals surface area contributed by atoms with Crippen LogP contribution in [0.5, 0.6) is 0 Å². The molecule has 0 amide bonds. The Hall–Kier alpha value is -2.06. The molecule has 2 aromatic heterocycles. The maximum absolute atomic E-state index is 10.2. The van der Waals surface area contributed by atoms with Crippen LogP contribution in [-0.2, 0) is 4.74 Å². The quantitative estimate of drug-likeness (QED) is 0.799. The number of allylic oxidation sites excluding steroid dienone is 1. The summed E-state index contributed by atoms with van der Waals surface area (Å²) in [5.41, 5.74) is 6.60. The Morgan fingerprint density at radius 2 is 2.29 bits per heavy atom. The summed E-state index contributed by atoms with van der Waals surface area (Å²) >= 11 is 0. The first-order valence-electron chi connectivity index (χ1n) is 6.89. The van der Waals surface area contributed by atoms with E-state index in [1.54, 1.807) is 0 Å². The summed E-state index contributed by atoms with van der Waals surface area (Å²) in [4.78, 5) is 7.98. The lowest BCUT2D eigenvalue weighted by atomic mass is 10.1. The van der Waals surface area contributed by atoms with Gasteiger partial charge in [0, 0.05) is 6.42 Å². The van der Waals surface area contributed by atoms with Crippen molar-refractivity contribution in [3.05, 3.63) is 18.5 Å². The number of anilines is 1. The molecule has 0 radical (unpaired) electrons. The predicted molar refractivity (Wildman–Crippen MR) is 76.0 cm³/mol. The molecule has 3 rings (SSSR count). The molecule has 3 N–H and O–H groups in total. The first-order valence-corrected chi connectivity index (χ1v) is 6.89. The van der Waals surface area contributed by atoms with Gasteiger partial charge in [0.25, 0.3) is 0 Å². The number of nitrogen functional groups attached to an aromatic ring is 1. The molecule has 1 fully saturated rings. The standard InChI is InChI=1S/C13H18N6O2/c1-7(2)3-4-8-5-9(20)13(21-8)19-12-10(17-18-19)11(14)15-6-16-12/h3-4,6-9,13,20H,5H2,1-2H3,(H2,14,15,16)/b4-3+/t8-,9-,13-/m1/s1. The van der Waals surface area contributed by atoms with Gasteiger partial charge in [-0.15, -0.1) is 5.10 Å². The highest BCUT2D eigenvalue weighted by Crippen LogP contribution is 2.31. The minimum absolute atomic E-state index is 0.147. The third-order valence-corrected chi connectivity index (χ3v) is 3.36. The monoisotopic (exact) mass is 290 g/mol. The highest BCUT2D eigenvalue weighted by Gasteiger charge is 2.36. The van der Waals surface area contributed by atoms with Crippen LogP contribution in [0.15, 0.2) is 18.5 Å². The Bertz CT molecular complexity index is 668. The molecule has 3 atom stereocenters. The van der Waals surface area contributed by atoms with Crippen molar-refractivity contribution in [2.75, 3.05) is 5.73 Å². The fourth-order valence-corrected chi connectivity index (χ4v) is 2.32. The number of nitrogens with zero attached hydrogens (tertiary/aromatic N) is 5. The SMILES string of the molecule is CC(C)/C=C/[C@@H]1C[C@@H](O)[C@H](n2nnc3c(N)ncnc32)O1. The average molecular weight is 290 g/mol. The minimum atomic E-state index is -0.673. The van der Waals surface area contributed by atoms with E-state index < -0.39 is 12.3 Å². The molecule has 3 heterocycles. The van der Waals surface area contributed by atoms with Gasteiger partial charge in [-0.05, 0) is 5.92 Å². The molecule has 8 heteroatoms. The summed E-state index contributed by atoms with van der Waals surface area (Å²) in [5, 5.41) is 18.1. The second-order valence-electron chi connectivity index (χ2n) is 5.46. The number of hydrogen-bond donors (Lipinski definition) is 2. The molecule has 0 bridgehead atoms. The van der Waals surface area contributed by atoms with E-state index in [0.29, 0.717) is 23.5 Å². The zero-order valence-electron chi connectivity index (χ0n) is 11.9. The number of aliphatic hydroxyl groups excluding tert-OH is 1. The van der Waals surface area contributed by atoms with Crippen LogP contribution >= 0.6 is 0 Å². The Balaban J connectivity index is 1.88. The first-order chi connectivity index (χ1) is 10.1. The van der Waals surface area contributed by atoms with Gasteiger partial charge in [-0.3, -0.25) is 0 Å². The number of nitrogens with two attached hydrogens (primary N) is 1. The lowest BCUT2D eigenvalue weighted by Crippen LogP contribution is -2.21. The van der Waals surface area contributed by atoms with Crippen molar-refractivity contribution in [3.8, 4) is 0 Å². The number of aliphatic hydroxyl groups is 1. The normalized spacial score (nSPS) is 26.4. The molecular weight excluding hydrogens is 272 g/mol. The summed E-state index contributed by atoms with van der Waals surface area (Å²) in [5.74, 6) is 0.694. The number of rotatable bonds is 3. The fraction of sp³-hybridized carbons (Fsp3) is 0.538. The van der Waals surface area contributed by atoms with E-state index in [4.69, 9.17) is 10.5 Å². The van der Waals surface area contributed by atoms with Gasteiger partial charge in [0.05, 0.1) is 6.10 Å². The zero-order valence-corrected chi connectivity index (χ0v) is 11.9. The highest BCUT2D eigenvalue weighted by atomic mass is 16.5. The van der Waals surface area contributed by atoms with Crippen LogP contribution in [-0.4, -0.2) is 42.3 Å². The summed E-state index contributed by atoms with van der Waals surface area (Å²) in [7, 11) is 0. The van der Waals surface area contributed by atoms with Crippen molar-refractivity contribution >= 4 is 17.0 Å². The number of ether oxygens (including phenoxy) is 1. The zero-order chi connectivity index (χ0) is 15.0. The molecule has 1 aliphatic heterocycles.